The van der Waals surface area contributed by atoms with Crippen molar-refractivity contribution in [1.29, 1.82) is 0 Å². The van der Waals surface area contributed by atoms with Crippen molar-refractivity contribution < 1.29 is 4.79 Å². The van der Waals surface area contributed by atoms with E-state index in [1.807, 2.05) is 29.2 Å². The van der Waals surface area contributed by atoms with Crippen molar-refractivity contribution in [2.75, 3.05) is 19.6 Å². The summed E-state index contributed by atoms with van der Waals surface area (Å²) < 4.78 is 0. The van der Waals surface area contributed by atoms with Gasteiger partial charge in [0.2, 0.25) is 0 Å². The molecule has 0 saturated heterocycles. The van der Waals surface area contributed by atoms with Gasteiger partial charge >= 0.3 is 0 Å². The lowest BCUT2D eigenvalue weighted by atomic mass is 10.1. The van der Waals surface area contributed by atoms with Crippen molar-refractivity contribution in [2.24, 2.45) is 5.73 Å². The molecule has 1 amide bonds. The molecule has 0 atom stereocenters. The van der Waals surface area contributed by atoms with Crippen LogP contribution in [0.3, 0.4) is 0 Å². The number of carbonyl (C=O) groups is 1. The molecule has 2 N–H and O–H groups in total. The number of fused-ring (bicyclic) bond motifs is 1. The largest absolute Gasteiger partial charge is 0.339 e. The van der Waals surface area contributed by atoms with Gasteiger partial charge in [-0.15, -0.1) is 0 Å². The number of nitrogens with two attached hydrogens (primary N) is 1. The van der Waals surface area contributed by atoms with Crippen LogP contribution in [0.25, 0.3) is 10.9 Å². The molecule has 4 heteroatoms. The zero-order valence-corrected chi connectivity index (χ0v) is 11.9. The number of carbonyl (C=O) groups excluding carboxylic acids is 1. The molecule has 4 nitrogen and oxygen atoms in total. The van der Waals surface area contributed by atoms with E-state index in [9.17, 15) is 4.79 Å². The quantitative estimate of drug-likeness (QED) is 0.878. The van der Waals surface area contributed by atoms with Gasteiger partial charge in [0.1, 0.15) is 0 Å². The van der Waals surface area contributed by atoms with E-state index in [0.717, 1.165) is 35.9 Å². The highest BCUT2D eigenvalue weighted by atomic mass is 16.2. The molecule has 1 heterocycles. The first-order valence-corrected chi connectivity index (χ1v) is 7.11. The fraction of sp³-hybridized carbons (Fsp3) is 0.375. The highest BCUT2D eigenvalue weighted by Crippen LogP contribution is 2.18. The Bertz CT molecular complexity index is 577. The highest BCUT2D eigenvalue weighted by Gasteiger charge is 2.17. The lowest BCUT2D eigenvalue weighted by molar-refractivity contribution is 0.0756. The fourth-order valence-corrected chi connectivity index (χ4v) is 2.32. The summed E-state index contributed by atoms with van der Waals surface area (Å²) in [6, 6.07) is 9.54. The fourth-order valence-electron chi connectivity index (χ4n) is 2.32. The van der Waals surface area contributed by atoms with Crippen LogP contribution in [0.2, 0.25) is 0 Å². The monoisotopic (exact) mass is 271 g/mol. The molecule has 1 aromatic carbocycles. The Kier molecular flexibility index (Phi) is 5.07. The minimum Gasteiger partial charge on any atom is -0.339 e. The summed E-state index contributed by atoms with van der Waals surface area (Å²) in [6.07, 6.45) is 3.47. The maximum Gasteiger partial charge on any atom is 0.254 e. The van der Waals surface area contributed by atoms with Crippen LogP contribution >= 0.6 is 0 Å². The van der Waals surface area contributed by atoms with E-state index in [1.54, 1.807) is 12.3 Å². The number of hydrogen-bond acceptors (Lipinski definition) is 3. The van der Waals surface area contributed by atoms with E-state index in [4.69, 9.17) is 5.73 Å². The lowest BCUT2D eigenvalue weighted by Crippen LogP contribution is -2.33. The van der Waals surface area contributed by atoms with Crippen LogP contribution in [0, 0.1) is 0 Å². The van der Waals surface area contributed by atoms with Crippen molar-refractivity contribution in [2.45, 2.75) is 19.8 Å². The van der Waals surface area contributed by atoms with Crippen molar-refractivity contribution in [3.63, 3.8) is 0 Å². The zero-order chi connectivity index (χ0) is 14.4. The van der Waals surface area contributed by atoms with Gasteiger partial charge in [0.25, 0.3) is 5.91 Å². The molecule has 0 unspecified atom stereocenters. The number of benzene rings is 1. The molecular formula is C16H21N3O. The number of rotatable bonds is 6. The molecule has 106 valence electrons. The summed E-state index contributed by atoms with van der Waals surface area (Å²) in [5.41, 5.74) is 7.13. The second-order valence-corrected chi connectivity index (χ2v) is 4.81. The van der Waals surface area contributed by atoms with Crippen molar-refractivity contribution in [3.8, 4) is 0 Å². The summed E-state index contributed by atoms with van der Waals surface area (Å²) in [5.74, 6) is 0.0684. The molecule has 0 fully saturated rings. The van der Waals surface area contributed by atoms with E-state index in [1.165, 1.54) is 0 Å². The van der Waals surface area contributed by atoms with Crippen LogP contribution in [-0.2, 0) is 0 Å². The van der Waals surface area contributed by atoms with Gasteiger partial charge in [-0.3, -0.25) is 9.78 Å². The van der Waals surface area contributed by atoms with Gasteiger partial charge in [-0.1, -0.05) is 25.1 Å². The summed E-state index contributed by atoms with van der Waals surface area (Å²) in [6.45, 7) is 4.15. The first-order chi connectivity index (χ1) is 9.77. The average molecular weight is 271 g/mol. The number of amides is 1. The van der Waals surface area contributed by atoms with Crippen molar-refractivity contribution in [3.05, 3.63) is 42.1 Å². The Morgan fingerprint density at radius 3 is 2.80 bits per heavy atom. The SMILES string of the molecule is CCCN(CCCN)C(=O)c1ccnc2ccccc12. The number of aromatic nitrogens is 1. The molecule has 0 bridgehead atoms. The van der Waals surface area contributed by atoms with Gasteiger partial charge in [-0.25, -0.2) is 0 Å². The maximum atomic E-state index is 12.7. The maximum absolute atomic E-state index is 12.7. The van der Waals surface area contributed by atoms with E-state index in [2.05, 4.69) is 11.9 Å². The summed E-state index contributed by atoms with van der Waals surface area (Å²) in [4.78, 5) is 18.9. The van der Waals surface area contributed by atoms with Crippen LogP contribution < -0.4 is 5.73 Å². The topological polar surface area (TPSA) is 59.2 Å². The molecule has 0 radical (unpaired) electrons. The number of pyridine rings is 1. The first-order valence-electron chi connectivity index (χ1n) is 7.11. The Morgan fingerprint density at radius 2 is 2.05 bits per heavy atom. The zero-order valence-electron chi connectivity index (χ0n) is 11.9. The Balaban J connectivity index is 2.33. The van der Waals surface area contributed by atoms with Crippen LogP contribution in [0.5, 0.6) is 0 Å². The van der Waals surface area contributed by atoms with Gasteiger partial charge in [-0.2, -0.15) is 0 Å². The van der Waals surface area contributed by atoms with Crippen molar-refractivity contribution in [1.82, 2.24) is 9.88 Å². The van der Waals surface area contributed by atoms with Gasteiger partial charge in [0.15, 0.2) is 0 Å². The molecule has 0 aliphatic heterocycles. The minimum atomic E-state index is 0.0684. The van der Waals surface area contributed by atoms with Gasteiger partial charge in [0.05, 0.1) is 11.1 Å². The molecular weight excluding hydrogens is 250 g/mol. The third-order valence-electron chi connectivity index (χ3n) is 3.29. The molecule has 20 heavy (non-hydrogen) atoms. The second-order valence-electron chi connectivity index (χ2n) is 4.81. The van der Waals surface area contributed by atoms with Crippen LogP contribution in [-0.4, -0.2) is 35.4 Å². The van der Waals surface area contributed by atoms with Crippen LogP contribution in [0.1, 0.15) is 30.1 Å². The number of nitrogens with zero attached hydrogens (tertiary/aromatic N) is 2. The van der Waals surface area contributed by atoms with Crippen LogP contribution in [0.15, 0.2) is 36.5 Å². The third kappa shape index (κ3) is 3.14. The van der Waals surface area contributed by atoms with Crippen LogP contribution in [0.4, 0.5) is 0 Å². The molecule has 0 saturated carbocycles. The van der Waals surface area contributed by atoms with E-state index in [-0.39, 0.29) is 5.91 Å². The van der Waals surface area contributed by atoms with E-state index < -0.39 is 0 Å². The van der Waals surface area contributed by atoms with E-state index in [0.29, 0.717) is 13.1 Å². The normalized spacial score (nSPS) is 10.7. The van der Waals surface area contributed by atoms with Crippen molar-refractivity contribution >= 4 is 16.8 Å². The number of hydrogen-bond donors (Lipinski definition) is 1. The predicted molar refractivity (Wildman–Crippen MR) is 81.6 cm³/mol. The Hall–Kier alpha value is -1.94. The molecule has 0 aliphatic carbocycles. The standard InChI is InChI=1S/C16H21N3O/c1-2-11-19(12-5-9-17)16(20)14-8-10-18-15-7-4-3-6-13(14)15/h3-4,6-8,10H,2,5,9,11-12,17H2,1H3. The Morgan fingerprint density at radius 1 is 1.25 bits per heavy atom. The highest BCUT2D eigenvalue weighted by molar-refractivity contribution is 6.05. The second kappa shape index (κ2) is 7.01. The molecule has 0 spiro atoms. The summed E-state index contributed by atoms with van der Waals surface area (Å²) >= 11 is 0. The summed E-state index contributed by atoms with van der Waals surface area (Å²) in [7, 11) is 0. The molecule has 1 aromatic heterocycles. The Labute approximate surface area is 119 Å². The first kappa shape index (κ1) is 14.5. The molecule has 2 aromatic rings. The number of para-hydroxylation sites is 1. The molecule has 2 rings (SSSR count). The van der Waals surface area contributed by atoms with Gasteiger partial charge in [-0.05, 0) is 31.5 Å². The van der Waals surface area contributed by atoms with Gasteiger partial charge in [0, 0.05) is 24.7 Å². The lowest BCUT2D eigenvalue weighted by Gasteiger charge is -2.22. The van der Waals surface area contributed by atoms with Gasteiger partial charge < -0.3 is 10.6 Å². The minimum absolute atomic E-state index is 0.0684. The average Bonchev–Trinajstić information content (AvgIpc) is 2.50. The smallest absolute Gasteiger partial charge is 0.254 e. The third-order valence-corrected chi connectivity index (χ3v) is 3.29. The molecule has 0 aliphatic rings. The predicted octanol–water partition coefficient (Wildman–Crippen LogP) is 2.44. The van der Waals surface area contributed by atoms with E-state index >= 15 is 0 Å². The summed E-state index contributed by atoms with van der Waals surface area (Å²) in [5, 5.41) is 0.911.